The third kappa shape index (κ3) is 2.15. The van der Waals surface area contributed by atoms with Crippen molar-refractivity contribution in [1.82, 2.24) is 4.57 Å². The molecule has 90 valence electrons. The topological polar surface area (TPSA) is 34.4 Å². The maximum atomic E-state index is 9.89. The smallest absolute Gasteiger partial charge is 0.0807 e. The summed E-state index contributed by atoms with van der Waals surface area (Å²) >= 11 is 0. The van der Waals surface area contributed by atoms with Crippen LogP contribution in [0.15, 0.2) is 12.3 Å². The van der Waals surface area contributed by atoms with Gasteiger partial charge in [-0.2, -0.15) is 0 Å². The fourth-order valence-corrected chi connectivity index (χ4v) is 2.35. The van der Waals surface area contributed by atoms with Crippen molar-refractivity contribution in [2.24, 2.45) is 0 Å². The third-order valence-electron chi connectivity index (χ3n) is 3.47. The average Bonchev–Trinajstić information content (AvgIpc) is 2.63. The van der Waals surface area contributed by atoms with Crippen LogP contribution >= 0.6 is 0 Å². The van der Waals surface area contributed by atoms with E-state index < -0.39 is 0 Å². The van der Waals surface area contributed by atoms with E-state index >= 15 is 0 Å². The number of fused-ring (bicyclic) bond motifs is 1. The van der Waals surface area contributed by atoms with E-state index in [1.807, 2.05) is 6.07 Å². The second-order valence-electron chi connectivity index (χ2n) is 5.22. The fraction of sp³-hybridized carbons (Fsp3) is 0.692. The fourth-order valence-electron chi connectivity index (χ4n) is 2.35. The van der Waals surface area contributed by atoms with Gasteiger partial charge in [-0.1, -0.05) is 0 Å². The number of aromatic nitrogens is 1. The number of hydrogen-bond donors (Lipinski definition) is 1. The van der Waals surface area contributed by atoms with Gasteiger partial charge in [-0.05, 0) is 39.2 Å². The minimum Gasteiger partial charge on any atom is -0.388 e. The number of aliphatic hydroxyl groups excluding tert-OH is 1. The van der Waals surface area contributed by atoms with Crippen molar-refractivity contribution in [2.75, 3.05) is 7.11 Å². The molecule has 2 rings (SSSR count). The Morgan fingerprint density at radius 1 is 1.56 bits per heavy atom. The highest BCUT2D eigenvalue weighted by Gasteiger charge is 2.24. The summed E-state index contributed by atoms with van der Waals surface area (Å²) in [5, 5.41) is 9.89. The second kappa shape index (κ2) is 4.22. The number of nitrogens with zero attached hydrogens (tertiary/aromatic N) is 1. The molecule has 3 nitrogen and oxygen atoms in total. The summed E-state index contributed by atoms with van der Waals surface area (Å²) in [6, 6.07) is 2.05. The molecule has 0 radical (unpaired) electrons. The van der Waals surface area contributed by atoms with Gasteiger partial charge < -0.3 is 14.4 Å². The lowest BCUT2D eigenvalue weighted by Crippen LogP contribution is -2.30. The van der Waals surface area contributed by atoms with Gasteiger partial charge in [0.25, 0.3) is 0 Å². The standard InChI is InChI=1S/C13H21NO2/c1-13(2,16-3)9-14-8-7-10-11(14)5-4-6-12(10)15/h7-8,12,15H,4-6,9H2,1-3H3. The van der Waals surface area contributed by atoms with Gasteiger partial charge in [-0.3, -0.25) is 0 Å². The van der Waals surface area contributed by atoms with Gasteiger partial charge in [0, 0.05) is 24.6 Å². The average molecular weight is 223 g/mol. The first-order chi connectivity index (χ1) is 7.53. The summed E-state index contributed by atoms with van der Waals surface area (Å²) in [7, 11) is 1.74. The summed E-state index contributed by atoms with van der Waals surface area (Å²) < 4.78 is 7.67. The van der Waals surface area contributed by atoms with Gasteiger partial charge in [-0.25, -0.2) is 0 Å². The summed E-state index contributed by atoms with van der Waals surface area (Å²) in [6.45, 7) is 5.00. The molecule has 0 aromatic carbocycles. The lowest BCUT2D eigenvalue weighted by atomic mass is 9.95. The van der Waals surface area contributed by atoms with Crippen molar-refractivity contribution in [2.45, 2.75) is 51.4 Å². The molecule has 0 bridgehead atoms. The highest BCUT2D eigenvalue weighted by molar-refractivity contribution is 5.27. The van der Waals surface area contributed by atoms with Crippen molar-refractivity contribution in [3.8, 4) is 0 Å². The van der Waals surface area contributed by atoms with E-state index in [4.69, 9.17) is 4.74 Å². The molecule has 1 unspecified atom stereocenters. The monoisotopic (exact) mass is 223 g/mol. The van der Waals surface area contributed by atoms with E-state index in [0.717, 1.165) is 31.4 Å². The van der Waals surface area contributed by atoms with E-state index in [1.165, 1.54) is 5.69 Å². The molecule has 1 aliphatic carbocycles. The molecule has 1 atom stereocenters. The molecule has 0 spiro atoms. The van der Waals surface area contributed by atoms with Crippen LogP contribution in [-0.2, 0) is 17.7 Å². The first kappa shape index (κ1) is 11.7. The maximum Gasteiger partial charge on any atom is 0.0807 e. The Kier molecular flexibility index (Phi) is 3.08. The van der Waals surface area contributed by atoms with Crippen LogP contribution in [0, 0.1) is 0 Å². The largest absolute Gasteiger partial charge is 0.388 e. The Morgan fingerprint density at radius 3 is 3.00 bits per heavy atom. The quantitative estimate of drug-likeness (QED) is 0.853. The Bertz CT molecular complexity index is 368. The van der Waals surface area contributed by atoms with Crippen molar-refractivity contribution >= 4 is 0 Å². The molecule has 0 saturated heterocycles. The SMILES string of the molecule is COC(C)(C)Cn1ccc2c1CCCC2O. The van der Waals surface area contributed by atoms with E-state index in [-0.39, 0.29) is 11.7 Å². The summed E-state index contributed by atoms with van der Waals surface area (Å²) in [4.78, 5) is 0. The van der Waals surface area contributed by atoms with Crippen LogP contribution in [-0.4, -0.2) is 22.4 Å². The van der Waals surface area contributed by atoms with Crippen LogP contribution in [0.5, 0.6) is 0 Å². The first-order valence-corrected chi connectivity index (χ1v) is 5.94. The number of aliphatic hydroxyl groups is 1. The van der Waals surface area contributed by atoms with Gasteiger partial charge in [0.05, 0.1) is 18.2 Å². The van der Waals surface area contributed by atoms with Crippen LogP contribution in [0.4, 0.5) is 0 Å². The van der Waals surface area contributed by atoms with E-state index in [0.29, 0.717) is 0 Å². The third-order valence-corrected chi connectivity index (χ3v) is 3.47. The molecule has 3 heteroatoms. The highest BCUT2D eigenvalue weighted by Crippen LogP contribution is 2.31. The lowest BCUT2D eigenvalue weighted by Gasteiger charge is -2.27. The molecule has 1 aromatic rings. The van der Waals surface area contributed by atoms with Crippen LogP contribution in [0.1, 0.15) is 44.1 Å². The molecule has 16 heavy (non-hydrogen) atoms. The minimum absolute atomic E-state index is 0.158. The Morgan fingerprint density at radius 2 is 2.31 bits per heavy atom. The summed E-state index contributed by atoms with van der Waals surface area (Å²) in [6.07, 6.45) is 4.84. The zero-order valence-corrected chi connectivity index (χ0v) is 10.4. The molecular formula is C13H21NO2. The van der Waals surface area contributed by atoms with Crippen LogP contribution in [0.2, 0.25) is 0 Å². The molecule has 0 fully saturated rings. The Balaban J connectivity index is 2.23. The lowest BCUT2D eigenvalue weighted by molar-refractivity contribution is 0.00736. The molecule has 0 amide bonds. The maximum absolute atomic E-state index is 9.89. The minimum atomic E-state index is -0.268. The molecule has 0 aliphatic heterocycles. The van der Waals surface area contributed by atoms with Gasteiger partial charge in [0.1, 0.15) is 0 Å². The second-order valence-corrected chi connectivity index (χ2v) is 5.22. The van der Waals surface area contributed by atoms with Gasteiger partial charge in [-0.15, -0.1) is 0 Å². The predicted molar refractivity (Wildman–Crippen MR) is 63.4 cm³/mol. The van der Waals surface area contributed by atoms with Crippen molar-refractivity contribution < 1.29 is 9.84 Å². The number of rotatable bonds is 3. The molecular weight excluding hydrogens is 202 g/mol. The zero-order valence-electron chi connectivity index (χ0n) is 10.4. The van der Waals surface area contributed by atoms with Crippen LogP contribution in [0.3, 0.4) is 0 Å². The molecule has 1 N–H and O–H groups in total. The molecule has 1 aliphatic rings. The van der Waals surface area contributed by atoms with Gasteiger partial charge >= 0.3 is 0 Å². The predicted octanol–water partition coefficient (Wildman–Crippen LogP) is 2.28. The van der Waals surface area contributed by atoms with E-state index in [9.17, 15) is 5.11 Å². The number of ether oxygens (including phenoxy) is 1. The summed E-state index contributed by atoms with van der Waals surface area (Å²) in [5.74, 6) is 0. The summed E-state index contributed by atoms with van der Waals surface area (Å²) in [5.41, 5.74) is 2.23. The molecule has 0 saturated carbocycles. The van der Waals surface area contributed by atoms with Crippen LogP contribution < -0.4 is 0 Å². The normalized spacial score (nSPS) is 20.9. The van der Waals surface area contributed by atoms with Crippen molar-refractivity contribution in [3.05, 3.63) is 23.5 Å². The Hall–Kier alpha value is -0.800. The first-order valence-electron chi connectivity index (χ1n) is 5.94. The van der Waals surface area contributed by atoms with Crippen molar-refractivity contribution in [3.63, 3.8) is 0 Å². The Labute approximate surface area is 97.0 Å². The van der Waals surface area contributed by atoms with E-state index in [1.54, 1.807) is 7.11 Å². The van der Waals surface area contributed by atoms with E-state index in [2.05, 4.69) is 24.6 Å². The van der Waals surface area contributed by atoms with Crippen molar-refractivity contribution in [1.29, 1.82) is 0 Å². The zero-order chi connectivity index (χ0) is 11.8. The van der Waals surface area contributed by atoms with Gasteiger partial charge in [0.15, 0.2) is 0 Å². The highest BCUT2D eigenvalue weighted by atomic mass is 16.5. The molecule has 1 aromatic heterocycles. The number of hydrogen-bond acceptors (Lipinski definition) is 2. The number of methoxy groups -OCH3 is 1. The van der Waals surface area contributed by atoms with Gasteiger partial charge in [0.2, 0.25) is 0 Å². The van der Waals surface area contributed by atoms with Crippen LogP contribution in [0.25, 0.3) is 0 Å². The molecule has 1 heterocycles.